The summed E-state index contributed by atoms with van der Waals surface area (Å²) in [5, 5.41) is 15.5. The third kappa shape index (κ3) is 6.92. The molecule has 7 nitrogen and oxygen atoms in total. The molecule has 0 spiro atoms. The number of rotatable bonds is 7. The summed E-state index contributed by atoms with van der Waals surface area (Å²) < 4.78 is 0. The molecule has 0 unspecified atom stereocenters. The van der Waals surface area contributed by atoms with E-state index in [4.69, 9.17) is 5.21 Å². The van der Waals surface area contributed by atoms with Gasteiger partial charge in [0.1, 0.15) is 5.82 Å². The second kappa shape index (κ2) is 11.4. The quantitative estimate of drug-likeness (QED) is 0.309. The Hall–Kier alpha value is -1.41. The molecule has 1 aromatic rings. The lowest BCUT2D eigenvalue weighted by Gasteiger charge is -2.31. The maximum Gasteiger partial charge on any atom is 0.267 e. The van der Waals surface area contributed by atoms with Crippen molar-refractivity contribution < 1.29 is 10.0 Å². The number of anilines is 1. The average molecular weight is 418 g/mol. The Morgan fingerprint density at radius 2 is 2.07 bits per heavy atom. The van der Waals surface area contributed by atoms with E-state index in [2.05, 4.69) is 20.6 Å². The molecular formula is C18H29Cl2N5O2. The number of aromatic nitrogens is 2. The van der Waals surface area contributed by atoms with Gasteiger partial charge in [0.05, 0.1) is 23.6 Å². The van der Waals surface area contributed by atoms with E-state index in [9.17, 15) is 4.79 Å². The number of nitrogens with zero attached hydrogens (tertiary/aromatic N) is 2. The zero-order valence-electron chi connectivity index (χ0n) is 15.3. The van der Waals surface area contributed by atoms with Crippen molar-refractivity contribution in [3.8, 4) is 0 Å². The molecule has 1 atom stereocenters. The van der Waals surface area contributed by atoms with Crippen LogP contribution in [0, 0.1) is 5.92 Å². The van der Waals surface area contributed by atoms with Gasteiger partial charge in [-0.1, -0.05) is 25.7 Å². The molecule has 0 radical (unpaired) electrons. The molecule has 2 aliphatic rings. The summed E-state index contributed by atoms with van der Waals surface area (Å²) in [7, 11) is 0. The minimum atomic E-state index is -0.591. The maximum absolute atomic E-state index is 11.0. The predicted molar refractivity (Wildman–Crippen MR) is 111 cm³/mol. The second-order valence-corrected chi connectivity index (χ2v) is 7.16. The maximum atomic E-state index is 11.0. The molecule has 2 heterocycles. The van der Waals surface area contributed by atoms with E-state index in [1.165, 1.54) is 44.3 Å². The lowest BCUT2D eigenvalue weighted by atomic mass is 9.87. The van der Waals surface area contributed by atoms with Gasteiger partial charge in [0.2, 0.25) is 0 Å². The number of carbonyl (C=O) groups is 1. The highest BCUT2D eigenvalue weighted by Gasteiger charge is 2.34. The summed E-state index contributed by atoms with van der Waals surface area (Å²) in [6, 6.07) is 0. The zero-order chi connectivity index (χ0) is 17.5. The van der Waals surface area contributed by atoms with Crippen LogP contribution in [0.4, 0.5) is 5.82 Å². The van der Waals surface area contributed by atoms with Crippen LogP contribution in [0.3, 0.4) is 0 Å². The molecule has 1 saturated carbocycles. The van der Waals surface area contributed by atoms with Crippen molar-refractivity contribution in [3.05, 3.63) is 24.2 Å². The molecule has 0 aromatic carbocycles. The number of carbonyl (C=O) groups excluding carboxylic acids is 1. The molecule has 1 aromatic heterocycles. The molecule has 3 rings (SSSR count). The number of halogens is 2. The molecule has 1 aliphatic carbocycles. The number of hydroxylamine groups is 1. The molecule has 1 aliphatic heterocycles. The van der Waals surface area contributed by atoms with Gasteiger partial charge in [-0.15, -0.1) is 24.8 Å². The Bertz CT molecular complexity index is 600. The first-order chi connectivity index (χ1) is 12.2. The summed E-state index contributed by atoms with van der Waals surface area (Å²) in [5.41, 5.74) is 2.17. The monoisotopic (exact) mass is 417 g/mol. The summed E-state index contributed by atoms with van der Waals surface area (Å²) in [6.07, 6.45) is 15.1. The van der Waals surface area contributed by atoms with Crippen LogP contribution in [-0.4, -0.2) is 39.7 Å². The number of hydrogen-bond donors (Lipinski definition) is 4. The highest BCUT2D eigenvalue weighted by molar-refractivity contribution is 5.90. The fourth-order valence-corrected chi connectivity index (χ4v) is 3.86. The highest BCUT2D eigenvalue weighted by atomic mass is 35.5. The van der Waals surface area contributed by atoms with Crippen molar-refractivity contribution >= 4 is 42.6 Å². The Morgan fingerprint density at radius 1 is 1.30 bits per heavy atom. The van der Waals surface area contributed by atoms with Gasteiger partial charge in [0, 0.05) is 12.6 Å². The van der Waals surface area contributed by atoms with Gasteiger partial charge in [-0.05, 0) is 37.8 Å². The van der Waals surface area contributed by atoms with Crippen LogP contribution in [0.25, 0.3) is 6.08 Å². The van der Waals surface area contributed by atoms with Gasteiger partial charge >= 0.3 is 0 Å². The molecule has 152 valence electrons. The third-order valence-electron chi connectivity index (χ3n) is 5.33. The van der Waals surface area contributed by atoms with Crippen LogP contribution >= 0.6 is 24.8 Å². The van der Waals surface area contributed by atoms with Crippen LogP contribution in [0.2, 0.25) is 0 Å². The Morgan fingerprint density at radius 3 is 2.67 bits per heavy atom. The van der Waals surface area contributed by atoms with Gasteiger partial charge in [-0.25, -0.2) is 10.5 Å². The number of hydrogen-bond acceptors (Lipinski definition) is 6. The van der Waals surface area contributed by atoms with E-state index in [0.29, 0.717) is 5.69 Å². The van der Waals surface area contributed by atoms with E-state index in [0.717, 1.165) is 37.7 Å². The normalized spacial score (nSPS) is 22.3. The first kappa shape index (κ1) is 23.6. The van der Waals surface area contributed by atoms with Gasteiger partial charge in [0.15, 0.2) is 0 Å². The molecule has 9 heteroatoms. The van der Waals surface area contributed by atoms with Crippen LogP contribution < -0.4 is 16.1 Å². The van der Waals surface area contributed by atoms with E-state index in [1.807, 2.05) is 0 Å². The largest absolute Gasteiger partial charge is 0.362 e. The first-order valence-corrected chi connectivity index (χ1v) is 9.12. The summed E-state index contributed by atoms with van der Waals surface area (Å²) >= 11 is 0. The van der Waals surface area contributed by atoms with Gasteiger partial charge in [-0.3, -0.25) is 15.0 Å². The minimum Gasteiger partial charge on any atom is -0.362 e. The summed E-state index contributed by atoms with van der Waals surface area (Å²) in [5.74, 6) is 1.06. The summed E-state index contributed by atoms with van der Waals surface area (Å²) in [6.45, 7) is 1.99. The van der Waals surface area contributed by atoms with Crippen LogP contribution in [0.15, 0.2) is 18.5 Å². The minimum absolute atomic E-state index is 0. The zero-order valence-corrected chi connectivity index (χ0v) is 17.0. The molecule has 4 N–H and O–H groups in total. The second-order valence-electron chi connectivity index (χ2n) is 7.16. The smallest absolute Gasteiger partial charge is 0.267 e. The lowest BCUT2D eigenvalue weighted by molar-refractivity contribution is -0.124. The van der Waals surface area contributed by atoms with Gasteiger partial charge < -0.3 is 10.6 Å². The average Bonchev–Trinajstić information content (AvgIpc) is 3.31. The molecule has 1 amide bonds. The first-order valence-electron chi connectivity index (χ1n) is 9.12. The molecule has 2 fully saturated rings. The topological polar surface area (TPSA) is 99.2 Å². The highest BCUT2D eigenvalue weighted by Crippen LogP contribution is 2.33. The van der Waals surface area contributed by atoms with E-state index < -0.39 is 5.91 Å². The van der Waals surface area contributed by atoms with Crippen molar-refractivity contribution in [2.75, 3.05) is 18.4 Å². The standard InChI is InChI=1S/C18H27N5O2.2ClH/c24-17(23-25)6-5-15-11-21-16(12-20-15)22-18(9-10-19-13-18)8-7-14-3-1-2-4-14;;/h5-6,11-12,14,19,25H,1-4,7-10,13H2,(H,21,22)(H,23,24);2*1H/b6-5+;;/t18-;;/m1../s1. The van der Waals surface area contributed by atoms with Crippen molar-refractivity contribution in [3.63, 3.8) is 0 Å². The van der Waals surface area contributed by atoms with Crippen LogP contribution in [-0.2, 0) is 4.79 Å². The SMILES string of the molecule is Cl.Cl.O=C(/C=C/c1cnc(N[C@]2(CCC3CCCC3)CCNC2)cn1)NO. The lowest BCUT2D eigenvalue weighted by Crippen LogP contribution is -2.41. The van der Waals surface area contributed by atoms with E-state index in [1.54, 1.807) is 17.9 Å². The van der Waals surface area contributed by atoms with Gasteiger partial charge in [0.25, 0.3) is 5.91 Å². The summed E-state index contributed by atoms with van der Waals surface area (Å²) in [4.78, 5) is 19.7. The third-order valence-corrected chi connectivity index (χ3v) is 5.33. The molecular weight excluding hydrogens is 389 g/mol. The predicted octanol–water partition coefficient (Wildman–Crippen LogP) is 2.95. The number of amides is 1. The fraction of sp³-hybridized carbons (Fsp3) is 0.611. The molecule has 1 saturated heterocycles. The molecule has 27 heavy (non-hydrogen) atoms. The van der Waals surface area contributed by atoms with Crippen molar-refractivity contribution in [1.29, 1.82) is 0 Å². The Kier molecular flexibility index (Phi) is 10.0. The number of nitrogens with one attached hydrogen (secondary N) is 3. The van der Waals surface area contributed by atoms with E-state index in [-0.39, 0.29) is 30.4 Å². The van der Waals surface area contributed by atoms with Crippen molar-refractivity contribution in [2.45, 2.75) is 50.5 Å². The van der Waals surface area contributed by atoms with Crippen LogP contribution in [0.1, 0.15) is 50.6 Å². The Balaban J connectivity index is 0.00000182. The van der Waals surface area contributed by atoms with Crippen LogP contribution in [0.5, 0.6) is 0 Å². The Labute approximate surface area is 172 Å². The van der Waals surface area contributed by atoms with E-state index >= 15 is 0 Å². The van der Waals surface area contributed by atoms with Gasteiger partial charge in [-0.2, -0.15) is 0 Å². The fourth-order valence-electron chi connectivity index (χ4n) is 3.86. The van der Waals surface area contributed by atoms with Crippen molar-refractivity contribution in [2.24, 2.45) is 5.92 Å². The molecule has 0 bridgehead atoms. The van der Waals surface area contributed by atoms with Crippen molar-refractivity contribution in [1.82, 2.24) is 20.8 Å².